The molecule has 0 spiro atoms. The van der Waals surface area contributed by atoms with E-state index < -0.39 is 0 Å². The van der Waals surface area contributed by atoms with Gasteiger partial charge in [0.1, 0.15) is 6.34 Å². The van der Waals surface area contributed by atoms with E-state index in [4.69, 9.17) is 0 Å². The lowest BCUT2D eigenvalue weighted by atomic mass is 10.0. The zero-order valence-electron chi connectivity index (χ0n) is 7.58. The molecule has 1 unspecified atom stereocenters. The normalized spacial score (nSPS) is 23.3. The van der Waals surface area contributed by atoms with Crippen LogP contribution in [0.4, 0.5) is 0 Å². The van der Waals surface area contributed by atoms with Gasteiger partial charge >= 0.3 is 0 Å². The number of carbonyl (C=O) groups is 1. The minimum Gasteiger partial charge on any atom is -0.273 e. The van der Waals surface area contributed by atoms with Crippen LogP contribution in [0.5, 0.6) is 0 Å². The monoisotopic (exact) mass is 169 g/mol. The van der Waals surface area contributed by atoms with Crippen molar-refractivity contribution in [3.8, 4) is 0 Å². The summed E-state index contributed by atoms with van der Waals surface area (Å²) >= 11 is 0. The molecule has 0 saturated carbocycles. The van der Waals surface area contributed by atoms with Gasteiger partial charge in [-0.05, 0) is 6.42 Å². The van der Waals surface area contributed by atoms with E-state index in [0.717, 1.165) is 12.8 Å². The molecule has 0 aromatic rings. The number of aliphatic imine (C=N–C) groups is 1. The molecule has 0 saturated heterocycles. The Bertz CT molecular complexity index is 191. The maximum atomic E-state index is 11.5. The maximum absolute atomic E-state index is 11.5. The number of hydrazine groups is 1. The molecular weight excluding hydrogens is 154 g/mol. The van der Waals surface area contributed by atoms with Crippen LogP contribution in [0.3, 0.4) is 0 Å². The van der Waals surface area contributed by atoms with E-state index in [-0.39, 0.29) is 11.8 Å². The maximum Gasteiger partial charge on any atom is 0.247 e. The van der Waals surface area contributed by atoms with Crippen molar-refractivity contribution in [3.05, 3.63) is 0 Å². The quantitative estimate of drug-likeness (QED) is 0.665. The van der Waals surface area contributed by atoms with Crippen LogP contribution < -0.4 is 5.43 Å². The molecule has 1 heterocycles. The second-order valence-corrected chi connectivity index (χ2v) is 2.90. The Hall–Kier alpha value is -0.900. The highest BCUT2D eigenvalue weighted by Crippen LogP contribution is 2.12. The van der Waals surface area contributed by atoms with Gasteiger partial charge < -0.3 is 0 Å². The van der Waals surface area contributed by atoms with Crippen molar-refractivity contribution >= 4 is 12.2 Å². The molecule has 4 heteroatoms. The zero-order valence-corrected chi connectivity index (χ0v) is 7.58. The molecule has 0 aliphatic carbocycles. The summed E-state index contributed by atoms with van der Waals surface area (Å²) in [5.74, 6) is 0.210. The average Bonchev–Trinajstić information content (AvgIpc) is 2.09. The Kier molecular flexibility index (Phi) is 3.22. The lowest BCUT2D eigenvalue weighted by Crippen LogP contribution is -2.46. The first kappa shape index (κ1) is 9.19. The Balaban J connectivity index is 2.57. The lowest BCUT2D eigenvalue weighted by molar-refractivity contribution is -0.133. The number of hydrogen-bond donors (Lipinski definition) is 1. The van der Waals surface area contributed by atoms with E-state index in [0.29, 0.717) is 6.54 Å². The summed E-state index contributed by atoms with van der Waals surface area (Å²) in [7, 11) is 1.72. The minimum atomic E-state index is 0.0763. The molecular formula is C8H15N3O. The van der Waals surface area contributed by atoms with E-state index in [1.54, 1.807) is 13.4 Å². The zero-order chi connectivity index (χ0) is 8.97. The largest absolute Gasteiger partial charge is 0.273 e. The van der Waals surface area contributed by atoms with Crippen LogP contribution in [0.1, 0.15) is 19.8 Å². The summed E-state index contributed by atoms with van der Waals surface area (Å²) in [4.78, 5) is 15.6. The highest BCUT2D eigenvalue weighted by Gasteiger charge is 2.24. The molecule has 0 bridgehead atoms. The number of amides is 1. The number of carbonyl (C=O) groups excluding carboxylic acids is 1. The van der Waals surface area contributed by atoms with Crippen LogP contribution in [0.15, 0.2) is 4.99 Å². The summed E-state index contributed by atoms with van der Waals surface area (Å²) < 4.78 is 0. The predicted molar refractivity (Wildman–Crippen MR) is 47.7 cm³/mol. The minimum absolute atomic E-state index is 0.0763. The van der Waals surface area contributed by atoms with Crippen LogP contribution >= 0.6 is 0 Å². The molecule has 0 aromatic carbocycles. The van der Waals surface area contributed by atoms with E-state index in [9.17, 15) is 4.79 Å². The third kappa shape index (κ3) is 1.82. The van der Waals surface area contributed by atoms with Crippen LogP contribution in [0, 0.1) is 5.92 Å². The molecule has 0 fully saturated rings. The second-order valence-electron chi connectivity index (χ2n) is 2.90. The summed E-state index contributed by atoms with van der Waals surface area (Å²) in [6.07, 6.45) is 3.51. The van der Waals surface area contributed by atoms with Gasteiger partial charge in [0.25, 0.3) is 0 Å². The lowest BCUT2D eigenvalue weighted by Gasteiger charge is -2.25. The number of hydrogen-bond acceptors (Lipinski definition) is 3. The number of nitrogens with one attached hydrogen (secondary N) is 1. The highest BCUT2D eigenvalue weighted by atomic mass is 16.2. The molecule has 1 rings (SSSR count). The first-order chi connectivity index (χ1) is 5.79. The first-order valence-electron chi connectivity index (χ1n) is 4.30. The molecule has 4 nitrogen and oxygen atoms in total. The van der Waals surface area contributed by atoms with Crippen molar-refractivity contribution in [1.29, 1.82) is 0 Å². The molecule has 1 aliphatic rings. The van der Waals surface area contributed by atoms with Crippen molar-refractivity contribution < 1.29 is 4.79 Å². The summed E-state index contributed by atoms with van der Waals surface area (Å²) in [6.45, 7) is 2.72. The summed E-state index contributed by atoms with van der Waals surface area (Å²) in [6, 6.07) is 0. The van der Waals surface area contributed by atoms with Gasteiger partial charge in [-0.25, -0.2) is 10.4 Å². The fourth-order valence-corrected chi connectivity index (χ4v) is 1.32. The molecule has 68 valence electrons. The van der Waals surface area contributed by atoms with Crippen LogP contribution in [0.25, 0.3) is 0 Å². The smallest absolute Gasteiger partial charge is 0.247 e. The average molecular weight is 169 g/mol. The molecule has 1 N–H and O–H groups in total. The van der Waals surface area contributed by atoms with Crippen molar-refractivity contribution in [3.63, 3.8) is 0 Å². The van der Waals surface area contributed by atoms with Crippen molar-refractivity contribution in [2.75, 3.05) is 13.6 Å². The highest BCUT2D eigenvalue weighted by molar-refractivity contribution is 5.90. The van der Waals surface area contributed by atoms with Crippen molar-refractivity contribution in [2.24, 2.45) is 10.9 Å². The van der Waals surface area contributed by atoms with Gasteiger partial charge in [-0.2, -0.15) is 0 Å². The van der Waals surface area contributed by atoms with Gasteiger partial charge in [0.05, 0.1) is 12.5 Å². The first-order valence-corrected chi connectivity index (χ1v) is 4.30. The third-order valence-electron chi connectivity index (χ3n) is 1.99. The Morgan fingerprint density at radius 3 is 3.17 bits per heavy atom. The molecule has 0 radical (unpaired) electrons. The fourth-order valence-electron chi connectivity index (χ4n) is 1.32. The second kappa shape index (κ2) is 4.21. The van der Waals surface area contributed by atoms with Gasteiger partial charge in [-0.3, -0.25) is 9.79 Å². The predicted octanol–water partition coefficient (Wildman–Crippen LogP) is 0.408. The van der Waals surface area contributed by atoms with E-state index in [1.807, 2.05) is 0 Å². The molecule has 1 atom stereocenters. The van der Waals surface area contributed by atoms with Crippen LogP contribution in [0.2, 0.25) is 0 Å². The van der Waals surface area contributed by atoms with Gasteiger partial charge in [0, 0.05) is 7.05 Å². The Morgan fingerprint density at radius 1 is 1.83 bits per heavy atom. The molecule has 1 amide bonds. The molecule has 1 aliphatic heterocycles. The Morgan fingerprint density at radius 2 is 2.58 bits per heavy atom. The molecule has 0 aromatic heterocycles. The molecule has 12 heavy (non-hydrogen) atoms. The van der Waals surface area contributed by atoms with Gasteiger partial charge in [-0.1, -0.05) is 13.3 Å². The number of nitrogens with zero attached hydrogens (tertiary/aromatic N) is 2. The van der Waals surface area contributed by atoms with Crippen LogP contribution in [-0.4, -0.2) is 30.8 Å². The van der Waals surface area contributed by atoms with Crippen molar-refractivity contribution in [1.82, 2.24) is 10.4 Å². The van der Waals surface area contributed by atoms with E-state index in [2.05, 4.69) is 17.3 Å². The van der Waals surface area contributed by atoms with Gasteiger partial charge in [-0.15, -0.1) is 0 Å². The van der Waals surface area contributed by atoms with Crippen LogP contribution in [-0.2, 0) is 4.79 Å². The van der Waals surface area contributed by atoms with Gasteiger partial charge in [0.2, 0.25) is 5.91 Å². The van der Waals surface area contributed by atoms with E-state index in [1.165, 1.54) is 5.01 Å². The van der Waals surface area contributed by atoms with Gasteiger partial charge in [0.15, 0.2) is 0 Å². The SMILES string of the molecule is CCCC1CN=CN(NC)C1=O. The third-order valence-corrected chi connectivity index (χ3v) is 1.99. The summed E-state index contributed by atoms with van der Waals surface area (Å²) in [5, 5.41) is 1.45. The topological polar surface area (TPSA) is 44.7 Å². The Labute approximate surface area is 72.6 Å². The fraction of sp³-hybridized carbons (Fsp3) is 0.750. The van der Waals surface area contributed by atoms with E-state index >= 15 is 0 Å². The summed E-state index contributed by atoms with van der Waals surface area (Å²) in [5.41, 5.74) is 2.78. The standard InChI is InChI=1S/C8H15N3O/c1-3-4-7-5-10-6-11(9-2)8(7)12/h6-7,9H,3-5H2,1-2H3. The number of rotatable bonds is 3. The van der Waals surface area contributed by atoms with Crippen molar-refractivity contribution in [2.45, 2.75) is 19.8 Å².